The smallest absolute Gasteiger partial charge is 0.265 e. The van der Waals surface area contributed by atoms with E-state index in [1.165, 1.54) is 12.1 Å². The van der Waals surface area contributed by atoms with Gasteiger partial charge in [0.25, 0.3) is 5.91 Å². The Bertz CT molecular complexity index is 351. The lowest BCUT2D eigenvalue weighted by atomic mass is 10.2. The van der Waals surface area contributed by atoms with Gasteiger partial charge in [0.05, 0.1) is 0 Å². The molecule has 2 N–H and O–H groups in total. The van der Waals surface area contributed by atoms with Gasteiger partial charge in [-0.3, -0.25) is 10.2 Å². The molecule has 0 bridgehead atoms. The quantitative estimate of drug-likeness (QED) is 0.616. The molecule has 0 heterocycles. The van der Waals surface area contributed by atoms with Gasteiger partial charge < -0.3 is 5.11 Å². The van der Waals surface area contributed by atoms with E-state index in [1.807, 2.05) is 0 Å². The summed E-state index contributed by atoms with van der Waals surface area (Å²) in [6.07, 6.45) is 0. The van der Waals surface area contributed by atoms with Crippen LogP contribution in [0.2, 0.25) is 0 Å². The summed E-state index contributed by atoms with van der Waals surface area (Å²) in [7, 11) is 0. The molecule has 0 aliphatic carbocycles. The number of hydrogen-bond donors (Lipinski definition) is 2. The summed E-state index contributed by atoms with van der Waals surface area (Å²) in [5.74, 6) is 0.694. The van der Waals surface area contributed by atoms with Crippen LogP contribution in [-0.4, -0.2) is 40.9 Å². The maximum Gasteiger partial charge on any atom is 0.265 e. The molecule has 94 valence electrons. The summed E-state index contributed by atoms with van der Waals surface area (Å²) in [5.41, 5.74) is 3.17. The predicted octanol–water partition coefficient (Wildman–Crippen LogP) is 1.82. The third-order valence-electron chi connectivity index (χ3n) is 2.10. The molecule has 0 spiro atoms. The Kier molecular flexibility index (Phi) is 6.11. The summed E-state index contributed by atoms with van der Waals surface area (Å²) in [5, 5.41) is 10.8. The number of nitrogens with zero attached hydrogens (tertiary/aromatic N) is 1. The van der Waals surface area contributed by atoms with Crippen LogP contribution in [0.25, 0.3) is 0 Å². The number of halogens is 2. The van der Waals surface area contributed by atoms with Crippen molar-refractivity contribution in [2.45, 2.75) is 0 Å². The van der Waals surface area contributed by atoms with Crippen molar-refractivity contribution < 1.29 is 9.90 Å². The van der Waals surface area contributed by atoms with E-state index in [0.29, 0.717) is 30.4 Å². The van der Waals surface area contributed by atoms with Crippen molar-refractivity contribution in [3.05, 3.63) is 29.8 Å². The summed E-state index contributed by atoms with van der Waals surface area (Å²) < 4.78 is 0. The zero-order chi connectivity index (χ0) is 12.7. The summed E-state index contributed by atoms with van der Waals surface area (Å²) >= 11 is 11.2. The lowest BCUT2D eigenvalue weighted by Gasteiger charge is -2.20. The number of rotatable bonds is 6. The Labute approximate surface area is 110 Å². The van der Waals surface area contributed by atoms with Crippen LogP contribution in [0.15, 0.2) is 24.3 Å². The Morgan fingerprint density at radius 3 is 2.18 bits per heavy atom. The summed E-state index contributed by atoms with van der Waals surface area (Å²) in [6.45, 7) is 1.05. The lowest BCUT2D eigenvalue weighted by molar-refractivity contribution is 0.0808. The van der Waals surface area contributed by atoms with Gasteiger partial charge in [-0.25, -0.2) is 5.01 Å². The number of carbonyl (C=O) groups excluding carboxylic acids is 1. The number of phenolic OH excluding ortho intramolecular Hbond substituents is 1. The first kappa shape index (κ1) is 14.1. The third-order valence-corrected chi connectivity index (χ3v) is 2.44. The standard InChI is InChI=1S/C11H14Cl2N2O2/c12-5-7-15(8-6-13)14-11(17)9-1-3-10(16)4-2-9/h1-4,16H,5-8H2,(H,14,17). The van der Waals surface area contributed by atoms with Crippen LogP contribution in [-0.2, 0) is 0 Å². The highest BCUT2D eigenvalue weighted by molar-refractivity contribution is 6.18. The number of alkyl halides is 2. The van der Waals surface area contributed by atoms with Gasteiger partial charge in [-0.1, -0.05) is 0 Å². The summed E-state index contributed by atoms with van der Waals surface area (Å²) in [6, 6.07) is 6.01. The van der Waals surface area contributed by atoms with Gasteiger partial charge in [0, 0.05) is 30.4 Å². The maximum absolute atomic E-state index is 11.8. The molecule has 1 amide bonds. The molecule has 1 rings (SSSR count). The first-order valence-electron chi connectivity index (χ1n) is 5.14. The Morgan fingerprint density at radius 2 is 1.71 bits per heavy atom. The van der Waals surface area contributed by atoms with Gasteiger partial charge in [-0.2, -0.15) is 0 Å². The van der Waals surface area contributed by atoms with Crippen molar-refractivity contribution in [3.8, 4) is 5.75 Å². The molecule has 4 nitrogen and oxygen atoms in total. The van der Waals surface area contributed by atoms with Crippen molar-refractivity contribution in [1.29, 1.82) is 0 Å². The maximum atomic E-state index is 11.8. The minimum absolute atomic E-state index is 0.125. The largest absolute Gasteiger partial charge is 0.508 e. The monoisotopic (exact) mass is 276 g/mol. The number of aromatic hydroxyl groups is 1. The fourth-order valence-electron chi connectivity index (χ4n) is 1.25. The predicted molar refractivity (Wildman–Crippen MR) is 68.6 cm³/mol. The van der Waals surface area contributed by atoms with E-state index in [0.717, 1.165) is 0 Å². The van der Waals surface area contributed by atoms with Gasteiger partial charge in [0.2, 0.25) is 0 Å². The fourth-order valence-corrected chi connectivity index (χ4v) is 1.66. The second kappa shape index (κ2) is 7.37. The molecule has 0 aromatic heterocycles. The van der Waals surface area contributed by atoms with Crippen LogP contribution in [0.4, 0.5) is 0 Å². The molecule has 17 heavy (non-hydrogen) atoms. The molecular formula is C11H14Cl2N2O2. The number of phenols is 1. The highest BCUT2D eigenvalue weighted by atomic mass is 35.5. The van der Waals surface area contributed by atoms with E-state index in [9.17, 15) is 4.79 Å². The van der Waals surface area contributed by atoms with E-state index in [2.05, 4.69) is 5.43 Å². The van der Waals surface area contributed by atoms with Crippen LogP contribution in [0.3, 0.4) is 0 Å². The Balaban J connectivity index is 2.60. The van der Waals surface area contributed by atoms with Crippen LogP contribution in [0, 0.1) is 0 Å². The second-order valence-electron chi connectivity index (χ2n) is 3.35. The van der Waals surface area contributed by atoms with Gasteiger partial charge in [-0.05, 0) is 24.3 Å². The first-order valence-corrected chi connectivity index (χ1v) is 6.21. The van der Waals surface area contributed by atoms with Crippen molar-refractivity contribution in [2.24, 2.45) is 0 Å². The number of hydrogen-bond acceptors (Lipinski definition) is 3. The molecular weight excluding hydrogens is 263 g/mol. The van der Waals surface area contributed by atoms with Gasteiger partial charge in [0.1, 0.15) is 5.75 Å². The zero-order valence-electron chi connectivity index (χ0n) is 9.20. The minimum Gasteiger partial charge on any atom is -0.508 e. The molecule has 0 radical (unpaired) electrons. The Morgan fingerprint density at radius 1 is 1.18 bits per heavy atom. The minimum atomic E-state index is -0.250. The lowest BCUT2D eigenvalue weighted by Crippen LogP contribution is -2.44. The second-order valence-corrected chi connectivity index (χ2v) is 4.11. The highest BCUT2D eigenvalue weighted by Crippen LogP contribution is 2.09. The van der Waals surface area contributed by atoms with Crippen LogP contribution >= 0.6 is 23.2 Å². The molecule has 0 saturated heterocycles. The first-order chi connectivity index (χ1) is 8.17. The van der Waals surface area contributed by atoms with Gasteiger partial charge in [0.15, 0.2) is 0 Å². The number of amides is 1. The zero-order valence-corrected chi connectivity index (χ0v) is 10.7. The Hall–Kier alpha value is -0.970. The number of carbonyl (C=O) groups is 1. The van der Waals surface area contributed by atoms with Crippen LogP contribution in [0.1, 0.15) is 10.4 Å². The van der Waals surface area contributed by atoms with Crippen molar-refractivity contribution in [3.63, 3.8) is 0 Å². The van der Waals surface area contributed by atoms with E-state index in [1.54, 1.807) is 17.1 Å². The summed E-state index contributed by atoms with van der Waals surface area (Å²) in [4.78, 5) is 11.8. The molecule has 1 aromatic rings. The molecule has 0 fully saturated rings. The van der Waals surface area contributed by atoms with Crippen molar-refractivity contribution in [1.82, 2.24) is 10.4 Å². The van der Waals surface area contributed by atoms with Crippen LogP contribution in [0.5, 0.6) is 5.75 Å². The number of hydrazine groups is 1. The third kappa shape index (κ3) is 4.81. The molecule has 0 aliphatic rings. The average Bonchev–Trinajstić information content (AvgIpc) is 2.30. The highest BCUT2D eigenvalue weighted by Gasteiger charge is 2.10. The molecule has 0 atom stereocenters. The normalized spacial score (nSPS) is 10.5. The molecule has 0 unspecified atom stereocenters. The van der Waals surface area contributed by atoms with Crippen molar-refractivity contribution >= 4 is 29.1 Å². The molecule has 0 aliphatic heterocycles. The topological polar surface area (TPSA) is 52.6 Å². The van der Waals surface area contributed by atoms with E-state index >= 15 is 0 Å². The number of nitrogens with one attached hydrogen (secondary N) is 1. The average molecular weight is 277 g/mol. The van der Waals surface area contributed by atoms with E-state index in [-0.39, 0.29) is 11.7 Å². The van der Waals surface area contributed by atoms with Gasteiger partial charge in [-0.15, -0.1) is 23.2 Å². The molecule has 0 saturated carbocycles. The number of benzene rings is 1. The fraction of sp³-hybridized carbons (Fsp3) is 0.364. The SMILES string of the molecule is O=C(NN(CCCl)CCCl)c1ccc(O)cc1. The van der Waals surface area contributed by atoms with Crippen molar-refractivity contribution in [2.75, 3.05) is 24.8 Å². The van der Waals surface area contributed by atoms with Gasteiger partial charge >= 0.3 is 0 Å². The van der Waals surface area contributed by atoms with E-state index < -0.39 is 0 Å². The molecule has 1 aromatic carbocycles. The molecule has 6 heteroatoms. The van der Waals surface area contributed by atoms with E-state index in [4.69, 9.17) is 28.3 Å². The van der Waals surface area contributed by atoms with Crippen LogP contribution < -0.4 is 5.43 Å².